The lowest BCUT2D eigenvalue weighted by Crippen LogP contribution is -2.45. The van der Waals surface area contributed by atoms with Crippen LogP contribution in [0.5, 0.6) is 17.2 Å². The lowest BCUT2D eigenvalue weighted by molar-refractivity contribution is -0.0271. The number of benzene rings is 3. The lowest BCUT2D eigenvalue weighted by Gasteiger charge is -2.27. The van der Waals surface area contributed by atoms with Crippen molar-refractivity contribution in [2.75, 3.05) is 59.3 Å². The van der Waals surface area contributed by atoms with Crippen LogP contribution in [0.1, 0.15) is 76.5 Å². The molecular weight excluding hydrogens is 1030 g/mol. The highest BCUT2D eigenvalue weighted by Gasteiger charge is 2.50. The highest BCUT2D eigenvalue weighted by atomic mass is 79.9. The number of carbonyl (C=O) groups excluding carboxylic acids is 1. The van der Waals surface area contributed by atoms with Crippen LogP contribution in [0, 0.1) is 0 Å². The number of halogens is 3. The predicted molar refractivity (Wildman–Crippen MR) is 249 cm³/mol. The SMILES string of the molecule is CC(C)(C)OC(=O)NCC1OB2OC(C)(CO)COc3ccc(Br)c1c32.C[C@@]1(CO)COc2ccc(Br)c3c2B(O[C@@H]3CN)O1.C[C@]1(CO)COc2ccc(Br)c3c2B(O[C@@H]3CN)O1. The summed E-state index contributed by atoms with van der Waals surface area (Å²) in [5.74, 6) is 2.12. The molecule has 0 fully saturated rings. The van der Waals surface area contributed by atoms with Gasteiger partial charge in [0.25, 0.3) is 0 Å². The number of nitrogens with one attached hydrogen (secondary N) is 1. The highest BCUT2D eigenvalue weighted by Crippen LogP contribution is 2.40. The summed E-state index contributed by atoms with van der Waals surface area (Å²) in [7, 11) is -1.77. The Morgan fingerprint density at radius 2 is 0.984 bits per heavy atom. The fourth-order valence-electron chi connectivity index (χ4n) is 7.78. The van der Waals surface area contributed by atoms with E-state index in [0.29, 0.717) is 18.8 Å². The van der Waals surface area contributed by atoms with Gasteiger partial charge in [0, 0.05) is 49.4 Å². The second-order valence-corrected chi connectivity index (χ2v) is 20.4. The van der Waals surface area contributed by atoms with Crippen molar-refractivity contribution in [2.45, 2.75) is 82.3 Å². The zero-order chi connectivity index (χ0) is 46.4. The molecule has 9 rings (SSSR count). The van der Waals surface area contributed by atoms with E-state index in [0.717, 1.165) is 58.0 Å². The van der Waals surface area contributed by atoms with E-state index in [4.69, 9.17) is 58.3 Å². The first-order valence-electron chi connectivity index (χ1n) is 20.8. The molecule has 346 valence electrons. The lowest BCUT2D eigenvalue weighted by atomic mass is 9.77. The minimum absolute atomic E-state index is 0.134. The number of ether oxygens (including phenoxy) is 4. The summed E-state index contributed by atoms with van der Waals surface area (Å²) in [6.07, 6.45) is -1.39. The summed E-state index contributed by atoms with van der Waals surface area (Å²) < 4.78 is 60.9. The maximum Gasteiger partial charge on any atom is 0.499 e. The van der Waals surface area contributed by atoms with Gasteiger partial charge in [0.2, 0.25) is 0 Å². The number of hydrogen-bond acceptors (Lipinski definition) is 16. The van der Waals surface area contributed by atoms with E-state index in [1.54, 1.807) is 41.5 Å². The Balaban J connectivity index is 0.000000146. The molecule has 6 atom stereocenters. The van der Waals surface area contributed by atoms with Gasteiger partial charge in [-0.05, 0) is 94.6 Å². The quantitative estimate of drug-likeness (QED) is 0.187. The van der Waals surface area contributed by atoms with Crippen LogP contribution in [0.15, 0.2) is 49.8 Å². The van der Waals surface area contributed by atoms with Gasteiger partial charge in [-0.25, -0.2) is 4.79 Å². The van der Waals surface area contributed by atoms with Gasteiger partial charge in [0.05, 0.1) is 38.1 Å². The maximum absolute atomic E-state index is 12.0. The standard InChI is InChI=1S/C17H23BBrNO6.2C12H15BBrNO4/c1-16(2,3)24-15(22)20-7-12-13-10(19)5-6-11-14(13)18(25-12)26-17(4,8-21)9-23-11;2*1-12(5-16)6-17-8-3-2-7(14)10-9(4-15)18-13(19-12)11(8)10/h5-6,12,21H,7-9H2,1-4H3,(H,20,22);2*2-3,9,16H,4-6,15H2,1H3/t;9-,12+;9-,12-/m.11/s1. The minimum atomic E-state index is -0.874. The van der Waals surface area contributed by atoms with Crippen LogP contribution in [-0.4, -0.2) is 124 Å². The Morgan fingerprint density at radius 3 is 1.30 bits per heavy atom. The maximum atomic E-state index is 12.0. The third-order valence-corrected chi connectivity index (χ3v) is 13.2. The van der Waals surface area contributed by atoms with E-state index in [1.165, 1.54) is 0 Å². The van der Waals surface area contributed by atoms with Crippen LogP contribution in [0.2, 0.25) is 0 Å². The summed E-state index contributed by atoms with van der Waals surface area (Å²) in [6.45, 7) is 12.1. The van der Waals surface area contributed by atoms with E-state index in [-0.39, 0.29) is 58.4 Å². The molecule has 6 aliphatic heterocycles. The topological polar surface area (TPSA) is 234 Å². The number of nitrogens with two attached hydrogens (primary N) is 2. The van der Waals surface area contributed by atoms with Gasteiger partial charge in [-0.2, -0.15) is 0 Å². The van der Waals surface area contributed by atoms with E-state index >= 15 is 0 Å². The fourth-order valence-corrected chi connectivity index (χ4v) is 9.58. The summed E-state index contributed by atoms with van der Waals surface area (Å²) >= 11 is 10.6. The van der Waals surface area contributed by atoms with Crippen molar-refractivity contribution in [3.63, 3.8) is 0 Å². The molecule has 64 heavy (non-hydrogen) atoms. The minimum Gasteiger partial charge on any atom is -0.491 e. The summed E-state index contributed by atoms with van der Waals surface area (Å²) in [5, 5.41) is 31.3. The van der Waals surface area contributed by atoms with Crippen molar-refractivity contribution in [3.8, 4) is 17.2 Å². The highest BCUT2D eigenvalue weighted by molar-refractivity contribution is 9.11. The smallest absolute Gasteiger partial charge is 0.491 e. The van der Waals surface area contributed by atoms with Gasteiger partial charge in [-0.3, -0.25) is 0 Å². The first kappa shape index (κ1) is 49.4. The first-order valence-corrected chi connectivity index (χ1v) is 23.2. The third kappa shape index (κ3) is 10.3. The molecule has 0 spiro atoms. The molecule has 6 aliphatic rings. The van der Waals surface area contributed by atoms with Crippen molar-refractivity contribution in [1.82, 2.24) is 5.32 Å². The van der Waals surface area contributed by atoms with Gasteiger partial charge in [0.1, 0.15) is 59.5 Å². The van der Waals surface area contributed by atoms with E-state index in [1.807, 2.05) is 36.4 Å². The molecule has 23 heteroatoms. The molecule has 0 aliphatic carbocycles. The van der Waals surface area contributed by atoms with Crippen molar-refractivity contribution < 1.29 is 67.0 Å². The third-order valence-electron chi connectivity index (χ3n) is 11.2. The Bertz CT molecular complexity index is 2120. The number of amides is 1. The molecule has 8 N–H and O–H groups in total. The number of rotatable bonds is 7. The Labute approximate surface area is 398 Å². The largest absolute Gasteiger partial charge is 0.499 e. The Hall–Kier alpha value is -2.48. The molecule has 0 saturated carbocycles. The molecule has 0 saturated heterocycles. The van der Waals surface area contributed by atoms with Crippen molar-refractivity contribution in [3.05, 3.63) is 66.5 Å². The first-order chi connectivity index (χ1) is 30.3. The molecule has 3 aromatic carbocycles. The van der Waals surface area contributed by atoms with Gasteiger partial charge in [-0.1, -0.05) is 47.8 Å². The molecule has 2 unspecified atom stereocenters. The van der Waals surface area contributed by atoms with Crippen molar-refractivity contribution in [1.29, 1.82) is 0 Å². The molecule has 0 aromatic heterocycles. The number of aliphatic hydroxyl groups is 3. The normalized spacial score (nSPS) is 27.1. The van der Waals surface area contributed by atoms with Crippen molar-refractivity contribution >= 4 is 91.6 Å². The van der Waals surface area contributed by atoms with E-state index in [2.05, 4.69) is 53.1 Å². The Morgan fingerprint density at radius 1 is 0.656 bits per heavy atom. The fraction of sp³-hybridized carbons (Fsp3) is 0.537. The number of alkyl carbamates (subject to hydrolysis) is 1. The number of aliphatic hydroxyl groups excluding tert-OH is 3. The van der Waals surface area contributed by atoms with Crippen LogP contribution >= 0.6 is 47.8 Å². The number of carbonyl (C=O) groups is 1. The predicted octanol–water partition coefficient (Wildman–Crippen LogP) is 2.57. The second kappa shape index (κ2) is 19.6. The van der Waals surface area contributed by atoms with Gasteiger partial charge in [-0.15, -0.1) is 0 Å². The summed E-state index contributed by atoms with van der Waals surface area (Å²) in [6, 6.07) is 11.3. The molecule has 17 nitrogen and oxygen atoms in total. The van der Waals surface area contributed by atoms with E-state index in [9.17, 15) is 20.1 Å². The Kier molecular flexibility index (Phi) is 15.2. The summed E-state index contributed by atoms with van der Waals surface area (Å²) in [4.78, 5) is 12.0. The van der Waals surface area contributed by atoms with E-state index < -0.39 is 56.0 Å². The molecule has 6 heterocycles. The van der Waals surface area contributed by atoms with Gasteiger partial charge < -0.3 is 79.0 Å². The molecule has 1 amide bonds. The summed E-state index contributed by atoms with van der Waals surface area (Å²) in [5.41, 5.74) is 13.9. The monoisotopic (exact) mass is 1080 g/mol. The molecule has 3 aromatic rings. The molecule has 0 radical (unpaired) electrons. The van der Waals surface area contributed by atoms with Crippen LogP contribution in [0.3, 0.4) is 0 Å². The zero-order valence-electron chi connectivity index (χ0n) is 36.4. The number of hydrogen-bond donors (Lipinski definition) is 6. The van der Waals surface area contributed by atoms with Crippen LogP contribution in [0.4, 0.5) is 4.79 Å². The van der Waals surface area contributed by atoms with Crippen LogP contribution in [-0.2, 0) is 32.7 Å². The van der Waals surface area contributed by atoms with Crippen LogP contribution < -0.4 is 47.4 Å². The average Bonchev–Trinajstić information content (AvgIpc) is 3.84. The zero-order valence-corrected chi connectivity index (χ0v) is 41.2. The van der Waals surface area contributed by atoms with Crippen LogP contribution in [0.25, 0.3) is 0 Å². The average molecular weight is 1080 g/mol. The second-order valence-electron chi connectivity index (χ2n) is 17.9. The van der Waals surface area contributed by atoms with Crippen molar-refractivity contribution in [2.24, 2.45) is 11.5 Å². The van der Waals surface area contributed by atoms with Gasteiger partial charge >= 0.3 is 27.4 Å². The molecule has 0 bridgehead atoms. The molecular formula is C41H53B3Br3N3O14. The van der Waals surface area contributed by atoms with Gasteiger partial charge in [0.15, 0.2) is 0 Å².